The first kappa shape index (κ1) is 17.6. The first-order valence-corrected chi connectivity index (χ1v) is 10.1. The van der Waals surface area contributed by atoms with Gasteiger partial charge >= 0.3 is 0 Å². The number of nitrogen functional groups attached to an aromatic ring is 1. The van der Waals surface area contributed by atoms with Gasteiger partial charge in [0, 0.05) is 0 Å². The number of anilines is 1. The molecule has 0 radical (unpaired) electrons. The molecule has 2 nitrogen and oxygen atoms in total. The van der Waals surface area contributed by atoms with E-state index < -0.39 is 0 Å². The van der Waals surface area contributed by atoms with Crippen molar-refractivity contribution >= 4 is 5.69 Å². The standard InChI is InChI=1S/C22H35NO/c1-15-3-5-17(6-4-15)7-8-18-9-11-19(12-10-18)20-13-16(2)22(24)21(23)14-20/h13-15,17-19,24H,3-12,23H2,1-2H3. The average molecular weight is 330 g/mol. The Labute approximate surface area is 147 Å². The minimum absolute atomic E-state index is 0.259. The Morgan fingerprint density at radius 1 is 0.917 bits per heavy atom. The molecule has 0 aliphatic heterocycles. The summed E-state index contributed by atoms with van der Waals surface area (Å²) in [6.07, 6.45) is 14.1. The van der Waals surface area contributed by atoms with E-state index in [4.69, 9.17) is 5.73 Å². The van der Waals surface area contributed by atoms with Crippen LogP contribution in [-0.2, 0) is 0 Å². The summed E-state index contributed by atoms with van der Waals surface area (Å²) in [4.78, 5) is 0. The number of hydrogen-bond acceptors (Lipinski definition) is 2. The van der Waals surface area contributed by atoms with Crippen LogP contribution >= 0.6 is 0 Å². The van der Waals surface area contributed by atoms with Crippen LogP contribution in [0.2, 0.25) is 0 Å². The van der Waals surface area contributed by atoms with Crippen molar-refractivity contribution in [3.63, 3.8) is 0 Å². The molecule has 0 atom stereocenters. The Balaban J connectivity index is 1.46. The molecule has 1 aromatic rings. The summed E-state index contributed by atoms with van der Waals surface area (Å²) >= 11 is 0. The summed E-state index contributed by atoms with van der Waals surface area (Å²) in [5.74, 6) is 3.82. The number of phenols is 1. The summed E-state index contributed by atoms with van der Waals surface area (Å²) in [5, 5.41) is 9.86. The van der Waals surface area contributed by atoms with E-state index in [1.807, 2.05) is 13.0 Å². The molecule has 2 heteroatoms. The van der Waals surface area contributed by atoms with Crippen molar-refractivity contribution in [1.29, 1.82) is 0 Å². The Bertz CT molecular complexity index is 514. The highest BCUT2D eigenvalue weighted by molar-refractivity contribution is 5.58. The second kappa shape index (κ2) is 7.80. The molecule has 2 fully saturated rings. The molecule has 3 N–H and O–H groups in total. The van der Waals surface area contributed by atoms with Crippen LogP contribution in [0.25, 0.3) is 0 Å². The van der Waals surface area contributed by atoms with Crippen molar-refractivity contribution in [3.05, 3.63) is 23.3 Å². The van der Waals surface area contributed by atoms with Crippen molar-refractivity contribution in [1.82, 2.24) is 0 Å². The molecule has 0 spiro atoms. The van der Waals surface area contributed by atoms with Crippen molar-refractivity contribution in [2.24, 2.45) is 17.8 Å². The summed E-state index contributed by atoms with van der Waals surface area (Å²) in [5.41, 5.74) is 8.74. The number of nitrogens with two attached hydrogens (primary N) is 1. The predicted molar refractivity (Wildman–Crippen MR) is 102 cm³/mol. The Kier molecular flexibility index (Phi) is 5.73. The summed E-state index contributed by atoms with van der Waals surface area (Å²) in [7, 11) is 0. The smallest absolute Gasteiger partial charge is 0.141 e. The van der Waals surface area contributed by atoms with Gasteiger partial charge in [0.15, 0.2) is 0 Å². The highest BCUT2D eigenvalue weighted by Crippen LogP contribution is 2.41. The third-order valence-electron chi connectivity index (χ3n) is 6.79. The Morgan fingerprint density at radius 2 is 1.46 bits per heavy atom. The number of hydrogen-bond donors (Lipinski definition) is 2. The van der Waals surface area contributed by atoms with E-state index in [1.54, 1.807) is 0 Å². The van der Waals surface area contributed by atoms with Gasteiger partial charge < -0.3 is 10.8 Å². The summed E-state index contributed by atoms with van der Waals surface area (Å²) in [6, 6.07) is 4.14. The molecule has 0 aromatic heterocycles. The molecular formula is C22H35NO. The van der Waals surface area contributed by atoms with Gasteiger partial charge in [0.05, 0.1) is 5.69 Å². The fourth-order valence-electron chi connectivity index (χ4n) is 4.94. The van der Waals surface area contributed by atoms with Crippen molar-refractivity contribution in [3.8, 4) is 5.75 Å². The number of benzene rings is 1. The number of aryl methyl sites for hydroxylation is 1. The first-order valence-electron chi connectivity index (χ1n) is 10.1. The molecule has 2 saturated carbocycles. The third-order valence-corrected chi connectivity index (χ3v) is 6.79. The van der Waals surface area contributed by atoms with Crippen molar-refractivity contribution in [2.45, 2.75) is 84.0 Å². The van der Waals surface area contributed by atoms with Gasteiger partial charge in [0.25, 0.3) is 0 Å². The van der Waals surface area contributed by atoms with E-state index >= 15 is 0 Å². The van der Waals surface area contributed by atoms with E-state index in [-0.39, 0.29) is 5.75 Å². The topological polar surface area (TPSA) is 46.2 Å². The number of phenolic OH excluding ortho intramolecular Hbond substituents is 1. The Morgan fingerprint density at radius 3 is 2.00 bits per heavy atom. The van der Waals surface area contributed by atoms with Gasteiger partial charge in [-0.25, -0.2) is 0 Å². The molecule has 1 aromatic carbocycles. The maximum atomic E-state index is 9.86. The lowest BCUT2D eigenvalue weighted by molar-refractivity contribution is 0.237. The maximum absolute atomic E-state index is 9.86. The molecule has 2 aliphatic rings. The fourth-order valence-corrected chi connectivity index (χ4v) is 4.94. The van der Waals surface area contributed by atoms with Crippen LogP contribution in [0.5, 0.6) is 5.75 Å². The normalized spacial score (nSPS) is 31.1. The van der Waals surface area contributed by atoms with E-state index in [1.165, 1.54) is 69.8 Å². The molecule has 0 bridgehead atoms. The molecule has 3 rings (SSSR count). The van der Waals surface area contributed by atoms with Crippen LogP contribution in [0, 0.1) is 24.7 Å². The van der Waals surface area contributed by atoms with Gasteiger partial charge in [-0.15, -0.1) is 0 Å². The lowest BCUT2D eigenvalue weighted by atomic mass is 9.74. The van der Waals surface area contributed by atoms with Crippen LogP contribution in [-0.4, -0.2) is 5.11 Å². The van der Waals surface area contributed by atoms with Crippen molar-refractivity contribution in [2.75, 3.05) is 5.73 Å². The largest absolute Gasteiger partial charge is 0.506 e. The molecule has 134 valence electrons. The highest BCUT2D eigenvalue weighted by atomic mass is 16.3. The van der Waals surface area contributed by atoms with Crippen LogP contribution in [0.3, 0.4) is 0 Å². The van der Waals surface area contributed by atoms with Gasteiger partial charge in [-0.2, -0.15) is 0 Å². The van der Waals surface area contributed by atoms with Gasteiger partial charge in [-0.1, -0.05) is 51.5 Å². The van der Waals surface area contributed by atoms with Crippen molar-refractivity contribution < 1.29 is 5.11 Å². The fraction of sp³-hybridized carbons (Fsp3) is 0.727. The molecule has 0 amide bonds. The average Bonchev–Trinajstić information content (AvgIpc) is 2.59. The molecule has 0 heterocycles. The second-order valence-corrected chi connectivity index (χ2v) is 8.70. The number of rotatable bonds is 4. The van der Waals surface area contributed by atoms with Gasteiger partial charge in [-0.3, -0.25) is 0 Å². The zero-order chi connectivity index (χ0) is 17.1. The third kappa shape index (κ3) is 4.26. The molecule has 2 aliphatic carbocycles. The zero-order valence-electron chi connectivity index (χ0n) is 15.6. The lowest BCUT2D eigenvalue weighted by Gasteiger charge is -2.31. The van der Waals surface area contributed by atoms with E-state index in [0.29, 0.717) is 11.6 Å². The van der Waals surface area contributed by atoms with Crippen LogP contribution in [0.15, 0.2) is 12.1 Å². The lowest BCUT2D eigenvalue weighted by Crippen LogP contribution is -2.17. The second-order valence-electron chi connectivity index (χ2n) is 8.70. The minimum Gasteiger partial charge on any atom is -0.506 e. The van der Waals surface area contributed by atoms with Gasteiger partial charge in [0.2, 0.25) is 0 Å². The Hall–Kier alpha value is -1.18. The molecule has 24 heavy (non-hydrogen) atoms. The zero-order valence-corrected chi connectivity index (χ0v) is 15.6. The highest BCUT2D eigenvalue weighted by Gasteiger charge is 2.25. The molecular weight excluding hydrogens is 294 g/mol. The van der Waals surface area contributed by atoms with Crippen LogP contribution in [0.4, 0.5) is 5.69 Å². The summed E-state index contributed by atoms with van der Waals surface area (Å²) < 4.78 is 0. The van der Waals surface area contributed by atoms with Crippen LogP contribution < -0.4 is 5.73 Å². The van der Waals surface area contributed by atoms with E-state index in [0.717, 1.165) is 23.3 Å². The monoisotopic (exact) mass is 329 g/mol. The van der Waals surface area contributed by atoms with Crippen LogP contribution in [0.1, 0.15) is 88.2 Å². The SMILES string of the molecule is Cc1cc(C2CCC(CCC3CCC(C)CC3)CC2)cc(N)c1O. The summed E-state index contributed by atoms with van der Waals surface area (Å²) in [6.45, 7) is 4.36. The first-order chi connectivity index (χ1) is 11.5. The number of aromatic hydroxyl groups is 1. The minimum atomic E-state index is 0.259. The molecule has 0 saturated heterocycles. The quantitative estimate of drug-likeness (QED) is 0.513. The van der Waals surface area contributed by atoms with E-state index in [9.17, 15) is 5.11 Å². The van der Waals surface area contributed by atoms with E-state index in [2.05, 4.69) is 13.0 Å². The predicted octanol–water partition coefficient (Wildman–Crippen LogP) is 6.16. The van der Waals surface area contributed by atoms with Gasteiger partial charge in [0.1, 0.15) is 5.75 Å². The van der Waals surface area contributed by atoms with Gasteiger partial charge in [-0.05, 0) is 73.5 Å². The maximum Gasteiger partial charge on any atom is 0.141 e. The molecule has 0 unspecified atom stereocenters.